The molecule has 0 amide bonds. The molecule has 0 bridgehead atoms. The molecule has 0 aliphatic heterocycles. The summed E-state index contributed by atoms with van der Waals surface area (Å²) < 4.78 is 0. The van der Waals surface area contributed by atoms with E-state index in [0.717, 1.165) is 51.4 Å². The van der Waals surface area contributed by atoms with E-state index in [2.05, 4.69) is 27.7 Å². The van der Waals surface area contributed by atoms with Crippen molar-refractivity contribution in [1.29, 1.82) is 0 Å². The minimum Gasteiger partial charge on any atom is -0.396 e. The molecule has 0 radical (unpaired) electrons. The second-order valence-electron chi connectivity index (χ2n) is 6.43. The summed E-state index contributed by atoms with van der Waals surface area (Å²) in [6, 6.07) is 0. The summed E-state index contributed by atoms with van der Waals surface area (Å²) >= 11 is 0. The number of carbonyl (C=O) groups is 2. The van der Waals surface area contributed by atoms with Crippen molar-refractivity contribution in [2.45, 2.75) is 91.9 Å². The highest BCUT2D eigenvalue weighted by Crippen LogP contribution is 2.16. The van der Waals surface area contributed by atoms with Crippen molar-refractivity contribution in [3.63, 3.8) is 0 Å². The fourth-order valence-electron chi connectivity index (χ4n) is 2.96. The predicted octanol–water partition coefficient (Wildman–Crippen LogP) is 4.31. The van der Waals surface area contributed by atoms with Crippen LogP contribution >= 0.6 is 0 Å². The highest BCUT2D eigenvalue weighted by atomic mass is 16.3. The van der Waals surface area contributed by atoms with Crippen LogP contribution in [0.3, 0.4) is 0 Å². The molecule has 0 rings (SSSR count). The van der Waals surface area contributed by atoms with Crippen LogP contribution in [0.1, 0.15) is 91.9 Å². The molecule has 0 heterocycles. The molecule has 0 saturated heterocycles. The maximum atomic E-state index is 11.4. The summed E-state index contributed by atoms with van der Waals surface area (Å²) in [7, 11) is 0. The van der Waals surface area contributed by atoms with E-state index >= 15 is 0 Å². The van der Waals surface area contributed by atoms with E-state index in [0.29, 0.717) is 12.8 Å². The lowest BCUT2D eigenvalue weighted by Crippen LogP contribution is -2.15. The number of ketones is 2. The van der Waals surface area contributed by atoms with Gasteiger partial charge in [-0.1, -0.05) is 53.4 Å². The lowest BCUT2D eigenvalue weighted by molar-refractivity contribution is -0.124. The molecule has 0 fully saturated rings. The van der Waals surface area contributed by atoms with Gasteiger partial charge in [0, 0.05) is 37.9 Å². The maximum absolute atomic E-state index is 11.4. The number of rotatable bonds is 14. The predicted molar refractivity (Wildman–Crippen MR) is 100 cm³/mol. The minimum atomic E-state index is 0.00274. The number of Topliss-reactive ketones (excluding diaryl/α,β-unsaturated/α-hetero) is 2. The molecule has 24 heavy (non-hydrogen) atoms. The Morgan fingerprint density at radius 3 is 1.04 bits per heavy atom. The first-order chi connectivity index (χ1) is 11.5. The van der Waals surface area contributed by atoms with Crippen molar-refractivity contribution in [2.24, 2.45) is 11.8 Å². The zero-order valence-corrected chi connectivity index (χ0v) is 16.4. The van der Waals surface area contributed by atoms with Gasteiger partial charge in [-0.15, -0.1) is 0 Å². The monoisotopic (exact) mass is 344 g/mol. The Labute approximate surface area is 149 Å². The van der Waals surface area contributed by atoms with Gasteiger partial charge >= 0.3 is 0 Å². The molecule has 0 saturated carbocycles. The van der Waals surface area contributed by atoms with Gasteiger partial charge in [0.1, 0.15) is 11.6 Å². The first kappa shape index (κ1) is 25.5. The van der Waals surface area contributed by atoms with Crippen LogP contribution in [0, 0.1) is 11.8 Å². The van der Waals surface area contributed by atoms with Gasteiger partial charge in [-0.2, -0.15) is 0 Å². The quantitative estimate of drug-likeness (QED) is 0.492. The highest BCUT2D eigenvalue weighted by molar-refractivity contribution is 5.81. The minimum absolute atomic E-state index is 0.00274. The molecule has 0 aliphatic rings. The fourth-order valence-corrected chi connectivity index (χ4v) is 2.96. The Hall–Kier alpha value is -0.740. The molecule has 0 aromatic heterocycles. The van der Waals surface area contributed by atoms with Crippen molar-refractivity contribution < 1.29 is 19.8 Å². The van der Waals surface area contributed by atoms with Crippen LogP contribution in [0.15, 0.2) is 0 Å². The number of aliphatic hydroxyl groups is 2. The summed E-state index contributed by atoms with van der Waals surface area (Å²) in [5.74, 6) is 0.877. The van der Waals surface area contributed by atoms with E-state index in [4.69, 9.17) is 10.2 Å². The number of carbonyl (C=O) groups excluding carboxylic acids is 2. The van der Waals surface area contributed by atoms with E-state index in [9.17, 15) is 9.59 Å². The van der Waals surface area contributed by atoms with Gasteiger partial charge in [0.15, 0.2) is 0 Å². The second-order valence-corrected chi connectivity index (χ2v) is 6.43. The van der Waals surface area contributed by atoms with E-state index in [1.54, 1.807) is 0 Å². The topological polar surface area (TPSA) is 74.6 Å². The maximum Gasteiger partial charge on any atom is 0.138 e. The van der Waals surface area contributed by atoms with Gasteiger partial charge in [-0.05, 0) is 25.7 Å². The van der Waals surface area contributed by atoms with Crippen molar-refractivity contribution in [1.82, 2.24) is 0 Å². The number of hydrogen-bond donors (Lipinski definition) is 2. The molecule has 4 heteroatoms. The standard InChI is InChI=1S/2C10H20O2/c2*1-3-5-9(6-4-2)10(12)7-8-11/h2*9,11H,3-8H2,1-2H3. The molecular weight excluding hydrogens is 304 g/mol. The number of hydrogen-bond acceptors (Lipinski definition) is 4. The van der Waals surface area contributed by atoms with E-state index < -0.39 is 0 Å². The molecule has 0 spiro atoms. The Morgan fingerprint density at radius 2 is 0.875 bits per heavy atom. The van der Waals surface area contributed by atoms with Crippen LogP contribution in [0.2, 0.25) is 0 Å². The molecule has 0 aliphatic carbocycles. The summed E-state index contributed by atoms with van der Waals surface area (Å²) in [5, 5.41) is 17.2. The van der Waals surface area contributed by atoms with Gasteiger partial charge in [-0.25, -0.2) is 0 Å². The highest BCUT2D eigenvalue weighted by Gasteiger charge is 2.15. The van der Waals surface area contributed by atoms with Gasteiger partial charge in [0.2, 0.25) is 0 Å². The third kappa shape index (κ3) is 13.7. The third-order valence-electron chi connectivity index (χ3n) is 4.18. The summed E-state index contributed by atoms with van der Waals surface area (Å²) in [6.07, 6.45) is 8.82. The average molecular weight is 345 g/mol. The summed E-state index contributed by atoms with van der Waals surface area (Å²) in [6.45, 7) is 8.37. The first-order valence-corrected chi connectivity index (χ1v) is 9.79. The van der Waals surface area contributed by atoms with Gasteiger partial charge < -0.3 is 10.2 Å². The van der Waals surface area contributed by atoms with Crippen molar-refractivity contribution in [3.05, 3.63) is 0 Å². The Bertz CT molecular complexity index is 260. The van der Waals surface area contributed by atoms with Crippen molar-refractivity contribution in [2.75, 3.05) is 13.2 Å². The average Bonchev–Trinajstić information content (AvgIpc) is 2.55. The van der Waals surface area contributed by atoms with E-state index in [1.165, 1.54) is 0 Å². The molecule has 0 aromatic carbocycles. The largest absolute Gasteiger partial charge is 0.396 e. The summed E-state index contributed by atoms with van der Waals surface area (Å²) in [4.78, 5) is 22.7. The molecule has 0 unspecified atom stereocenters. The third-order valence-corrected chi connectivity index (χ3v) is 4.18. The molecule has 0 atom stereocenters. The molecular formula is C20H40O4. The fraction of sp³-hybridized carbons (Fsp3) is 0.900. The second kappa shape index (κ2) is 18.6. The van der Waals surface area contributed by atoms with Crippen molar-refractivity contribution in [3.8, 4) is 0 Å². The zero-order valence-electron chi connectivity index (χ0n) is 16.4. The van der Waals surface area contributed by atoms with Crippen LogP contribution in [0.4, 0.5) is 0 Å². The molecule has 144 valence electrons. The van der Waals surface area contributed by atoms with Crippen LogP contribution in [-0.4, -0.2) is 35.0 Å². The van der Waals surface area contributed by atoms with Crippen LogP contribution < -0.4 is 0 Å². The van der Waals surface area contributed by atoms with Crippen LogP contribution in [-0.2, 0) is 9.59 Å². The van der Waals surface area contributed by atoms with Gasteiger partial charge in [-0.3, -0.25) is 9.59 Å². The van der Waals surface area contributed by atoms with Crippen LogP contribution in [0.25, 0.3) is 0 Å². The zero-order chi connectivity index (χ0) is 18.8. The molecule has 4 nitrogen and oxygen atoms in total. The van der Waals surface area contributed by atoms with Gasteiger partial charge in [0.05, 0.1) is 0 Å². The Kier molecular flexibility index (Phi) is 19.8. The van der Waals surface area contributed by atoms with Crippen molar-refractivity contribution >= 4 is 11.6 Å². The van der Waals surface area contributed by atoms with Gasteiger partial charge in [0.25, 0.3) is 0 Å². The normalized spacial score (nSPS) is 10.7. The van der Waals surface area contributed by atoms with Crippen LogP contribution in [0.5, 0.6) is 0 Å². The Morgan fingerprint density at radius 1 is 0.625 bits per heavy atom. The number of aliphatic hydroxyl groups excluding tert-OH is 2. The molecule has 2 N–H and O–H groups in total. The lowest BCUT2D eigenvalue weighted by Gasteiger charge is -2.12. The first-order valence-electron chi connectivity index (χ1n) is 9.79. The Balaban J connectivity index is 0. The summed E-state index contributed by atoms with van der Waals surface area (Å²) in [5.41, 5.74) is 0. The SMILES string of the molecule is CCCC(CCC)C(=O)CCO.CCCC(CCC)C(=O)CCO. The van der Waals surface area contributed by atoms with E-state index in [1.807, 2.05) is 0 Å². The lowest BCUT2D eigenvalue weighted by atomic mass is 9.92. The van der Waals surface area contributed by atoms with E-state index in [-0.39, 0.29) is 36.6 Å². The molecule has 0 aromatic rings. The smallest absolute Gasteiger partial charge is 0.138 e.